The third kappa shape index (κ3) is 4.04. The molecule has 0 spiro atoms. The Morgan fingerprint density at radius 1 is 0.958 bits per heavy atom. The van der Waals surface area contributed by atoms with Crippen molar-refractivity contribution in [1.82, 2.24) is 4.98 Å². The Morgan fingerprint density at radius 2 is 1.75 bits per heavy atom. The molecule has 2 N–H and O–H groups in total. The highest BCUT2D eigenvalue weighted by atomic mass is 35.5. The Balaban J connectivity index is 1.69. The molecule has 24 heavy (non-hydrogen) atoms. The Bertz CT molecular complexity index is 852. The smallest absolute Gasteiger partial charge is 0.255 e. The van der Waals surface area contributed by atoms with Crippen LogP contribution < -0.4 is 10.6 Å². The molecule has 1 aromatic heterocycles. The quantitative estimate of drug-likeness (QED) is 0.658. The highest BCUT2D eigenvalue weighted by Crippen LogP contribution is 2.28. The molecule has 0 unspecified atom stereocenters. The third-order valence-corrected chi connectivity index (χ3v) is 3.81. The number of carbonyl (C=O) groups excluding carboxylic acids is 1. The summed E-state index contributed by atoms with van der Waals surface area (Å²) in [6.07, 6.45) is 1.57. The molecular formula is C18H13Cl2N3O. The number of pyridine rings is 1. The number of hydrogen-bond acceptors (Lipinski definition) is 3. The summed E-state index contributed by atoms with van der Waals surface area (Å²) in [6, 6.07) is 17.6. The van der Waals surface area contributed by atoms with E-state index in [0.717, 1.165) is 0 Å². The molecular weight excluding hydrogens is 345 g/mol. The summed E-state index contributed by atoms with van der Waals surface area (Å²) in [5, 5.41) is 7.00. The van der Waals surface area contributed by atoms with Gasteiger partial charge < -0.3 is 10.6 Å². The summed E-state index contributed by atoms with van der Waals surface area (Å²) in [5.41, 5.74) is 1.86. The van der Waals surface area contributed by atoms with E-state index in [4.69, 9.17) is 23.2 Å². The average molecular weight is 358 g/mol. The molecule has 3 rings (SSSR count). The van der Waals surface area contributed by atoms with Gasteiger partial charge in [0.2, 0.25) is 0 Å². The first-order valence-corrected chi connectivity index (χ1v) is 7.92. The Kier molecular flexibility index (Phi) is 4.99. The zero-order valence-corrected chi connectivity index (χ0v) is 14.0. The molecule has 0 saturated carbocycles. The van der Waals surface area contributed by atoms with Gasteiger partial charge in [-0.05, 0) is 42.5 Å². The first-order chi connectivity index (χ1) is 11.6. The minimum atomic E-state index is -0.184. The molecule has 3 aromatic rings. The van der Waals surface area contributed by atoms with Crippen LogP contribution in [0.2, 0.25) is 10.0 Å². The van der Waals surface area contributed by atoms with Crippen molar-refractivity contribution in [2.24, 2.45) is 0 Å². The van der Waals surface area contributed by atoms with E-state index in [-0.39, 0.29) is 5.91 Å². The van der Waals surface area contributed by atoms with Crippen molar-refractivity contribution in [3.63, 3.8) is 0 Å². The summed E-state index contributed by atoms with van der Waals surface area (Å²) < 4.78 is 0. The fourth-order valence-electron chi connectivity index (χ4n) is 2.07. The fourth-order valence-corrected chi connectivity index (χ4v) is 2.40. The van der Waals surface area contributed by atoms with Gasteiger partial charge in [0, 0.05) is 10.6 Å². The molecule has 0 aliphatic heterocycles. The summed E-state index contributed by atoms with van der Waals surface area (Å²) in [7, 11) is 0. The predicted molar refractivity (Wildman–Crippen MR) is 98.4 cm³/mol. The third-order valence-electron chi connectivity index (χ3n) is 3.25. The van der Waals surface area contributed by atoms with Gasteiger partial charge in [0.15, 0.2) is 0 Å². The maximum absolute atomic E-state index is 12.1. The summed E-state index contributed by atoms with van der Waals surface area (Å²) >= 11 is 12.1. The number of hydrogen-bond donors (Lipinski definition) is 2. The van der Waals surface area contributed by atoms with Gasteiger partial charge in [-0.25, -0.2) is 4.98 Å². The largest absolute Gasteiger partial charge is 0.339 e. The van der Waals surface area contributed by atoms with Crippen LogP contribution in [0, 0.1) is 0 Å². The van der Waals surface area contributed by atoms with Crippen molar-refractivity contribution in [3.8, 4) is 0 Å². The van der Waals surface area contributed by atoms with Crippen LogP contribution in [0.5, 0.6) is 0 Å². The average Bonchev–Trinajstić information content (AvgIpc) is 2.60. The Morgan fingerprint density at radius 3 is 2.46 bits per heavy atom. The van der Waals surface area contributed by atoms with Crippen molar-refractivity contribution >= 4 is 46.3 Å². The van der Waals surface area contributed by atoms with Crippen molar-refractivity contribution in [1.29, 1.82) is 0 Å². The zero-order valence-electron chi connectivity index (χ0n) is 12.5. The first kappa shape index (κ1) is 16.3. The van der Waals surface area contributed by atoms with Crippen LogP contribution in [0.4, 0.5) is 17.2 Å². The lowest BCUT2D eigenvalue weighted by molar-refractivity contribution is 0.102. The number of amides is 1. The number of halogens is 2. The van der Waals surface area contributed by atoms with Crippen LogP contribution in [0.15, 0.2) is 66.9 Å². The van der Waals surface area contributed by atoms with Gasteiger partial charge in [0.25, 0.3) is 5.91 Å². The summed E-state index contributed by atoms with van der Waals surface area (Å²) in [6.45, 7) is 0. The Labute approximate surface area is 149 Å². The topological polar surface area (TPSA) is 54.0 Å². The predicted octanol–water partition coefficient (Wildman–Crippen LogP) is 5.38. The van der Waals surface area contributed by atoms with Gasteiger partial charge in [-0.15, -0.1) is 0 Å². The number of nitrogens with one attached hydrogen (secondary N) is 2. The van der Waals surface area contributed by atoms with E-state index in [2.05, 4.69) is 15.6 Å². The molecule has 0 bridgehead atoms. The molecule has 4 nitrogen and oxygen atoms in total. The van der Waals surface area contributed by atoms with Gasteiger partial charge in [0.1, 0.15) is 5.82 Å². The van der Waals surface area contributed by atoms with Gasteiger partial charge >= 0.3 is 0 Å². The van der Waals surface area contributed by atoms with Crippen molar-refractivity contribution < 1.29 is 4.79 Å². The van der Waals surface area contributed by atoms with Gasteiger partial charge in [-0.1, -0.05) is 41.4 Å². The zero-order chi connectivity index (χ0) is 16.9. The molecule has 2 aromatic carbocycles. The second kappa shape index (κ2) is 7.34. The Hall–Kier alpha value is -2.56. The maximum atomic E-state index is 12.1. The first-order valence-electron chi connectivity index (χ1n) is 7.16. The monoisotopic (exact) mass is 357 g/mol. The number of rotatable bonds is 4. The lowest BCUT2D eigenvalue weighted by Gasteiger charge is -2.09. The van der Waals surface area contributed by atoms with Gasteiger partial charge in [-0.3, -0.25) is 4.79 Å². The van der Waals surface area contributed by atoms with Crippen LogP contribution in [0.1, 0.15) is 10.4 Å². The van der Waals surface area contributed by atoms with E-state index < -0.39 is 0 Å². The van der Waals surface area contributed by atoms with E-state index in [9.17, 15) is 4.79 Å². The SMILES string of the molecule is O=C(Nc1ccc(Nc2cc(Cl)ccc2Cl)nc1)c1ccccc1. The van der Waals surface area contributed by atoms with E-state index in [0.29, 0.717) is 32.8 Å². The molecule has 0 aliphatic carbocycles. The van der Waals surface area contributed by atoms with E-state index in [1.54, 1.807) is 48.7 Å². The molecule has 0 saturated heterocycles. The second-order valence-corrected chi connectivity index (χ2v) is 5.85. The molecule has 1 amide bonds. The molecule has 0 radical (unpaired) electrons. The molecule has 0 aliphatic rings. The molecule has 0 atom stereocenters. The summed E-state index contributed by atoms with van der Waals surface area (Å²) in [5.74, 6) is 0.410. The molecule has 1 heterocycles. The van der Waals surface area contributed by atoms with Crippen LogP contribution in [-0.2, 0) is 0 Å². The van der Waals surface area contributed by atoms with Gasteiger partial charge in [-0.2, -0.15) is 0 Å². The number of aromatic nitrogens is 1. The van der Waals surface area contributed by atoms with E-state index >= 15 is 0 Å². The highest BCUT2D eigenvalue weighted by Gasteiger charge is 2.06. The second-order valence-electron chi connectivity index (χ2n) is 5.00. The van der Waals surface area contributed by atoms with Crippen molar-refractivity contribution in [2.45, 2.75) is 0 Å². The van der Waals surface area contributed by atoms with Gasteiger partial charge in [0.05, 0.1) is 22.6 Å². The van der Waals surface area contributed by atoms with Crippen LogP contribution in [0.25, 0.3) is 0 Å². The molecule has 6 heteroatoms. The molecule has 120 valence electrons. The number of carbonyl (C=O) groups is 1. The minimum absolute atomic E-state index is 0.184. The normalized spacial score (nSPS) is 10.2. The minimum Gasteiger partial charge on any atom is -0.339 e. The summed E-state index contributed by atoms with van der Waals surface area (Å²) in [4.78, 5) is 16.3. The number of anilines is 3. The van der Waals surface area contributed by atoms with Crippen molar-refractivity contribution in [3.05, 3.63) is 82.5 Å². The lowest BCUT2D eigenvalue weighted by Crippen LogP contribution is -2.11. The number of benzene rings is 2. The highest BCUT2D eigenvalue weighted by molar-refractivity contribution is 6.35. The van der Waals surface area contributed by atoms with Crippen LogP contribution in [-0.4, -0.2) is 10.9 Å². The standard InChI is InChI=1S/C18H13Cl2N3O/c19-13-6-8-15(20)16(10-13)23-17-9-7-14(11-21-17)22-18(24)12-4-2-1-3-5-12/h1-11H,(H,21,23)(H,22,24). The fraction of sp³-hybridized carbons (Fsp3) is 0. The van der Waals surface area contributed by atoms with Crippen LogP contribution in [0.3, 0.4) is 0 Å². The van der Waals surface area contributed by atoms with E-state index in [1.165, 1.54) is 0 Å². The maximum Gasteiger partial charge on any atom is 0.255 e. The molecule has 0 fully saturated rings. The van der Waals surface area contributed by atoms with E-state index in [1.807, 2.05) is 18.2 Å². The van der Waals surface area contributed by atoms with Crippen LogP contribution >= 0.6 is 23.2 Å². The van der Waals surface area contributed by atoms with Crippen molar-refractivity contribution in [2.75, 3.05) is 10.6 Å². The number of nitrogens with zero attached hydrogens (tertiary/aromatic N) is 1. The lowest BCUT2D eigenvalue weighted by atomic mass is 10.2.